The monoisotopic (exact) mass is 368 g/mol. The molecule has 1 N–H and O–H groups in total. The van der Waals surface area contributed by atoms with Crippen molar-refractivity contribution in [1.82, 2.24) is 9.88 Å². The van der Waals surface area contributed by atoms with Crippen LogP contribution in [0.1, 0.15) is 42.4 Å². The first kappa shape index (κ1) is 16.1. The third-order valence-electron chi connectivity index (χ3n) is 3.40. The lowest BCUT2D eigenvalue weighted by Crippen LogP contribution is -2.29. The molecule has 0 saturated carbocycles. The van der Waals surface area contributed by atoms with Crippen LogP contribution >= 0.6 is 27.5 Å². The molecule has 1 heterocycles. The summed E-state index contributed by atoms with van der Waals surface area (Å²) in [6.07, 6.45) is 2.72. The van der Waals surface area contributed by atoms with E-state index in [0.29, 0.717) is 10.7 Å². The molecule has 1 atom stereocenters. The highest BCUT2D eigenvalue weighted by atomic mass is 79.9. The Morgan fingerprint density at radius 1 is 1.38 bits per heavy atom. The van der Waals surface area contributed by atoms with Gasteiger partial charge in [0.15, 0.2) is 0 Å². The van der Waals surface area contributed by atoms with E-state index in [0.717, 1.165) is 23.0 Å². The lowest BCUT2D eigenvalue weighted by Gasteiger charge is -2.18. The van der Waals surface area contributed by atoms with E-state index in [1.807, 2.05) is 54.9 Å². The second-order valence-corrected chi connectivity index (χ2v) is 6.17. The number of carbonyl (C=O) groups excluding carboxylic acids is 1. The molecular weight excluding hydrogens is 352 g/mol. The molecule has 0 bridgehead atoms. The van der Waals surface area contributed by atoms with Gasteiger partial charge in [0.2, 0.25) is 0 Å². The maximum atomic E-state index is 12.5. The molecule has 3 nitrogen and oxygen atoms in total. The fraction of sp³-hybridized carbons (Fsp3) is 0.312. The molecular formula is C16H18BrClN2O. The predicted molar refractivity (Wildman–Crippen MR) is 89.8 cm³/mol. The Morgan fingerprint density at radius 2 is 2.14 bits per heavy atom. The Balaban J connectivity index is 2.20. The van der Waals surface area contributed by atoms with Crippen molar-refractivity contribution < 1.29 is 4.79 Å². The molecule has 0 spiro atoms. The van der Waals surface area contributed by atoms with Gasteiger partial charge in [-0.1, -0.05) is 30.7 Å². The summed E-state index contributed by atoms with van der Waals surface area (Å²) >= 11 is 9.44. The number of aryl methyl sites for hydroxylation is 1. The van der Waals surface area contributed by atoms with Crippen LogP contribution in [-0.4, -0.2) is 10.5 Å². The number of aromatic nitrogens is 1. The van der Waals surface area contributed by atoms with E-state index in [-0.39, 0.29) is 11.9 Å². The molecule has 0 aliphatic rings. The zero-order valence-corrected chi connectivity index (χ0v) is 14.4. The highest BCUT2D eigenvalue weighted by Crippen LogP contribution is 2.22. The molecule has 112 valence electrons. The van der Waals surface area contributed by atoms with E-state index >= 15 is 0 Å². The lowest BCUT2D eigenvalue weighted by atomic mass is 10.0. The van der Waals surface area contributed by atoms with Crippen LogP contribution in [0.4, 0.5) is 0 Å². The fourth-order valence-electron chi connectivity index (χ4n) is 2.30. The standard InChI is InChI=1S/C16H18BrClN2O/c1-3-14(11-6-5-7-13(18)8-11)19-16(21)15-9-12(17)10-20(15)4-2/h5-10,14H,3-4H2,1-2H3,(H,19,21). The summed E-state index contributed by atoms with van der Waals surface area (Å²) in [6, 6.07) is 9.40. The topological polar surface area (TPSA) is 34.0 Å². The molecule has 0 aliphatic carbocycles. The molecule has 1 amide bonds. The number of amides is 1. The summed E-state index contributed by atoms with van der Waals surface area (Å²) in [5, 5.41) is 3.76. The van der Waals surface area contributed by atoms with Gasteiger partial charge in [0.1, 0.15) is 5.69 Å². The summed E-state index contributed by atoms with van der Waals surface area (Å²) < 4.78 is 2.83. The van der Waals surface area contributed by atoms with Crippen molar-refractivity contribution in [3.8, 4) is 0 Å². The van der Waals surface area contributed by atoms with Crippen LogP contribution in [-0.2, 0) is 6.54 Å². The number of hydrogen-bond donors (Lipinski definition) is 1. The van der Waals surface area contributed by atoms with Crippen LogP contribution in [0.5, 0.6) is 0 Å². The number of halogens is 2. The number of hydrogen-bond acceptors (Lipinski definition) is 1. The number of rotatable bonds is 5. The summed E-state index contributed by atoms with van der Waals surface area (Å²) in [7, 11) is 0. The highest BCUT2D eigenvalue weighted by Gasteiger charge is 2.17. The smallest absolute Gasteiger partial charge is 0.268 e. The Hall–Kier alpha value is -1.26. The van der Waals surface area contributed by atoms with Gasteiger partial charge < -0.3 is 9.88 Å². The minimum atomic E-state index is -0.0747. The Bertz CT molecular complexity index is 639. The van der Waals surface area contributed by atoms with E-state index < -0.39 is 0 Å². The van der Waals surface area contributed by atoms with E-state index in [2.05, 4.69) is 21.2 Å². The molecule has 0 radical (unpaired) electrons. The summed E-state index contributed by atoms with van der Waals surface area (Å²) in [4.78, 5) is 12.5. The van der Waals surface area contributed by atoms with Gasteiger partial charge in [0.25, 0.3) is 5.91 Å². The molecule has 2 aromatic rings. The number of nitrogens with one attached hydrogen (secondary N) is 1. The number of nitrogens with zero attached hydrogens (tertiary/aromatic N) is 1. The maximum Gasteiger partial charge on any atom is 0.268 e. The van der Waals surface area contributed by atoms with Crippen LogP contribution < -0.4 is 5.32 Å². The van der Waals surface area contributed by atoms with Crippen LogP contribution in [0.15, 0.2) is 41.0 Å². The van der Waals surface area contributed by atoms with Gasteiger partial charge in [-0.2, -0.15) is 0 Å². The Labute approximate surface area is 138 Å². The summed E-state index contributed by atoms with van der Waals surface area (Å²) in [5.41, 5.74) is 1.68. The average molecular weight is 370 g/mol. The van der Waals surface area contributed by atoms with Crippen molar-refractivity contribution in [1.29, 1.82) is 0 Å². The van der Waals surface area contributed by atoms with E-state index in [1.165, 1.54) is 0 Å². The first-order valence-corrected chi connectivity index (χ1v) is 8.14. The van der Waals surface area contributed by atoms with Gasteiger partial charge in [-0.25, -0.2) is 0 Å². The number of carbonyl (C=O) groups is 1. The van der Waals surface area contributed by atoms with Gasteiger partial charge in [0.05, 0.1) is 6.04 Å². The summed E-state index contributed by atoms with van der Waals surface area (Å²) in [5.74, 6) is -0.0747. The summed E-state index contributed by atoms with van der Waals surface area (Å²) in [6.45, 7) is 4.81. The normalized spacial score (nSPS) is 12.2. The third-order valence-corrected chi connectivity index (χ3v) is 4.07. The largest absolute Gasteiger partial charge is 0.344 e. The molecule has 2 rings (SSSR count). The lowest BCUT2D eigenvalue weighted by molar-refractivity contribution is 0.0926. The third kappa shape index (κ3) is 3.89. The highest BCUT2D eigenvalue weighted by molar-refractivity contribution is 9.10. The van der Waals surface area contributed by atoms with E-state index in [1.54, 1.807) is 0 Å². The van der Waals surface area contributed by atoms with E-state index in [9.17, 15) is 4.79 Å². The Kier molecular flexibility index (Phi) is 5.48. The second kappa shape index (κ2) is 7.14. The van der Waals surface area contributed by atoms with Crippen LogP contribution in [0, 0.1) is 0 Å². The van der Waals surface area contributed by atoms with Crippen LogP contribution in [0.25, 0.3) is 0 Å². The Morgan fingerprint density at radius 3 is 2.76 bits per heavy atom. The molecule has 0 fully saturated rings. The van der Waals surface area contributed by atoms with Gasteiger partial charge >= 0.3 is 0 Å². The van der Waals surface area contributed by atoms with Crippen molar-refractivity contribution in [2.24, 2.45) is 0 Å². The molecule has 0 aliphatic heterocycles. The molecule has 1 aromatic carbocycles. The second-order valence-electron chi connectivity index (χ2n) is 4.82. The fourth-order valence-corrected chi connectivity index (χ4v) is 2.97. The van der Waals surface area contributed by atoms with Crippen LogP contribution in [0.2, 0.25) is 5.02 Å². The van der Waals surface area contributed by atoms with Crippen molar-refractivity contribution >= 4 is 33.4 Å². The molecule has 1 unspecified atom stereocenters. The first-order valence-electron chi connectivity index (χ1n) is 6.97. The molecule has 21 heavy (non-hydrogen) atoms. The van der Waals surface area contributed by atoms with Crippen molar-refractivity contribution in [3.05, 3.63) is 57.3 Å². The van der Waals surface area contributed by atoms with Crippen LogP contribution in [0.3, 0.4) is 0 Å². The minimum Gasteiger partial charge on any atom is -0.344 e. The minimum absolute atomic E-state index is 0.0461. The average Bonchev–Trinajstić information content (AvgIpc) is 2.85. The van der Waals surface area contributed by atoms with E-state index in [4.69, 9.17) is 11.6 Å². The predicted octanol–water partition coefficient (Wildman–Crippen LogP) is 4.81. The van der Waals surface area contributed by atoms with Crippen molar-refractivity contribution in [3.63, 3.8) is 0 Å². The SMILES string of the molecule is CCC(NC(=O)c1cc(Br)cn1CC)c1cccc(Cl)c1. The van der Waals surface area contributed by atoms with Crippen molar-refractivity contribution in [2.75, 3.05) is 0 Å². The van der Waals surface area contributed by atoms with Gasteiger partial charge in [-0.3, -0.25) is 4.79 Å². The molecule has 5 heteroatoms. The van der Waals surface area contributed by atoms with Gasteiger partial charge in [-0.15, -0.1) is 0 Å². The van der Waals surface area contributed by atoms with Crippen molar-refractivity contribution in [2.45, 2.75) is 32.9 Å². The van der Waals surface area contributed by atoms with Gasteiger partial charge in [-0.05, 0) is 53.0 Å². The molecule has 1 aromatic heterocycles. The number of benzene rings is 1. The molecule has 0 saturated heterocycles. The quantitative estimate of drug-likeness (QED) is 0.806. The maximum absolute atomic E-state index is 12.5. The van der Waals surface area contributed by atoms with Gasteiger partial charge in [0, 0.05) is 22.2 Å². The first-order chi connectivity index (χ1) is 10.0. The zero-order valence-electron chi connectivity index (χ0n) is 12.1. The zero-order chi connectivity index (χ0) is 15.4.